The van der Waals surface area contributed by atoms with Crippen molar-refractivity contribution in [3.63, 3.8) is 0 Å². The average Bonchev–Trinajstić information content (AvgIpc) is 2.29. The SMILES string of the molecule is CCCC(C)C(=O)Nc1cc(C(=O)O)ccn1. The maximum Gasteiger partial charge on any atom is 0.335 e. The maximum atomic E-state index is 11.7. The number of anilines is 1. The highest BCUT2D eigenvalue weighted by Crippen LogP contribution is 2.11. The molecule has 0 aliphatic carbocycles. The van der Waals surface area contributed by atoms with Crippen LogP contribution < -0.4 is 5.32 Å². The Bertz CT molecular complexity index is 418. The molecule has 17 heavy (non-hydrogen) atoms. The summed E-state index contributed by atoms with van der Waals surface area (Å²) in [4.78, 5) is 26.3. The van der Waals surface area contributed by atoms with Gasteiger partial charge in [-0.15, -0.1) is 0 Å². The normalized spacial score (nSPS) is 11.9. The van der Waals surface area contributed by atoms with Crippen molar-refractivity contribution in [3.05, 3.63) is 23.9 Å². The van der Waals surface area contributed by atoms with Crippen LogP contribution in [0.15, 0.2) is 18.3 Å². The summed E-state index contributed by atoms with van der Waals surface area (Å²) in [5.41, 5.74) is 0.110. The second kappa shape index (κ2) is 5.98. The molecule has 92 valence electrons. The van der Waals surface area contributed by atoms with Gasteiger partial charge >= 0.3 is 5.97 Å². The minimum absolute atomic E-state index is 0.102. The molecule has 0 aromatic carbocycles. The van der Waals surface area contributed by atoms with E-state index in [0.717, 1.165) is 12.8 Å². The van der Waals surface area contributed by atoms with Crippen molar-refractivity contribution in [2.45, 2.75) is 26.7 Å². The number of carbonyl (C=O) groups excluding carboxylic acids is 1. The Balaban J connectivity index is 2.71. The van der Waals surface area contributed by atoms with Gasteiger partial charge in [-0.3, -0.25) is 4.79 Å². The zero-order valence-electron chi connectivity index (χ0n) is 9.93. The van der Waals surface area contributed by atoms with Crippen molar-refractivity contribution in [2.24, 2.45) is 5.92 Å². The molecule has 1 heterocycles. The second-order valence-electron chi connectivity index (χ2n) is 3.91. The summed E-state index contributed by atoms with van der Waals surface area (Å²) in [6.07, 6.45) is 3.09. The van der Waals surface area contributed by atoms with Crippen molar-refractivity contribution < 1.29 is 14.7 Å². The van der Waals surface area contributed by atoms with Crippen LogP contribution in [-0.2, 0) is 4.79 Å². The van der Waals surface area contributed by atoms with Crippen molar-refractivity contribution in [1.82, 2.24) is 4.98 Å². The molecule has 1 unspecified atom stereocenters. The Labute approximate surface area is 99.9 Å². The van der Waals surface area contributed by atoms with Gasteiger partial charge in [-0.05, 0) is 18.6 Å². The summed E-state index contributed by atoms with van der Waals surface area (Å²) in [6, 6.07) is 2.73. The Hall–Kier alpha value is -1.91. The smallest absolute Gasteiger partial charge is 0.335 e. The van der Waals surface area contributed by atoms with Crippen LogP contribution >= 0.6 is 0 Å². The van der Waals surface area contributed by atoms with E-state index in [0.29, 0.717) is 0 Å². The second-order valence-corrected chi connectivity index (χ2v) is 3.91. The van der Waals surface area contributed by atoms with E-state index in [1.165, 1.54) is 18.3 Å². The molecule has 5 heteroatoms. The summed E-state index contributed by atoms with van der Waals surface area (Å²) in [7, 11) is 0. The van der Waals surface area contributed by atoms with Crippen molar-refractivity contribution in [3.8, 4) is 0 Å². The van der Waals surface area contributed by atoms with E-state index in [9.17, 15) is 9.59 Å². The molecule has 0 aliphatic rings. The van der Waals surface area contributed by atoms with Crippen LogP contribution in [0, 0.1) is 5.92 Å². The van der Waals surface area contributed by atoms with E-state index < -0.39 is 5.97 Å². The summed E-state index contributed by atoms with van der Waals surface area (Å²) < 4.78 is 0. The van der Waals surface area contributed by atoms with Crippen molar-refractivity contribution in [1.29, 1.82) is 0 Å². The summed E-state index contributed by atoms with van der Waals surface area (Å²) in [5.74, 6) is -1.00. The van der Waals surface area contributed by atoms with Crippen LogP contribution in [-0.4, -0.2) is 22.0 Å². The number of amides is 1. The molecule has 0 radical (unpaired) electrons. The number of aromatic carboxylic acids is 1. The van der Waals surface area contributed by atoms with Crippen LogP contribution in [0.1, 0.15) is 37.0 Å². The van der Waals surface area contributed by atoms with Gasteiger partial charge in [0.05, 0.1) is 5.56 Å². The minimum Gasteiger partial charge on any atom is -0.478 e. The molecule has 0 saturated carbocycles. The highest BCUT2D eigenvalue weighted by molar-refractivity contribution is 5.93. The first-order valence-corrected chi connectivity index (χ1v) is 5.54. The molecule has 2 N–H and O–H groups in total. The van der Waals surface area contributed by atoms with E-state index in [4.69, 9.17) is 5.11 Å². The number of nitrogens with one attached hydrogen (secondary N) is 1. The molecule has 0 saturated heterocycles. The van der Waals surface area contributed by atoms with Gasteiger partial charge in [0.15, 0.2) is 0 Å². The highest BCUT2D eigenvalue weighted by atomic mass is 16.4. The van der Waals surface area contributed by atoms with Crippen molar-refractivity contribution in [2.75, 3.05) is 5.32 Å². The molecule has 0 aliphatic heterocycles. The molecule has 1 atom stereocenters. The van der Waals surface area contributed by atoms with Crippen LogP contribution in [0.25, 0.3) is 0 Å². The number of nitrogens with zero attached hydrogens (tertiary/aromatic N) is 1. The zero-order valence-corrected chi connectivity index (χ0v) is 9.93. The molecule has 0 spiro atoms. The van der Waals surface area contributed by atoms with Gasteiger partial charge in [-0.25, -0.2) is 9.78 Å². The Morgan fingerprint density at radius 1 is 1.53 bits per heavy atom. The van der Waals surface area contributed by atoms with E-state index in [2.05, 4.69) is 10.3 Å². The molecule has 5 nitrogen and oxygen atoms in total. The summed E-state index contributed by atoms with van der Waals surface area (Å²) >= 11 is 0. The van der Waals surface area contributed by atoms with E-state index in [-0.39, 0.29) is 23.2 Å². The number of carboxylic acids is 1. The van der Waals surface area contributed by atoms with Gasteiger partial charge < -0.3 is 10.4 Å². The number of carbonyl (C=O) groups is 2. The number of hydrogen-bond acceptors (Lipinski definition) is 3. The topological polar surface area (TPSA) is 79.3 Å². The molecule has 0 fully saturated rings. The van der Waals surface area contributed by atoms with Crippen LogP contribution in [0.2, 0.25) is 0 Å². The number of carboxylic acid groups (broad SMARTS) is 1. The number of aromatic nitrogens is 1. The number of hydrogen-bond donors (Lipinski definition) is 2. The molecular weight excluding hydrogens is 220 g/mol. The lowest BCUT2D eigenvalue weighted by Crippen LogP contribution is -2.21. The Morgan fingerprint density at radius 2 is 2.24 bits per heavy atom. The van der Waals surface area contributed by atoms with Gasteiger partial charge in [0.25, 0.3) is 0 Å². The van der Waals surface area contributed by atoms with E-state index >= 15 is 0 Å². The zero-order chi connectivity index (χ0) is 12.8. The van der Waals surface area contributed by atoms with Crippen LogP contribution in [0.5, 0.6) is 0 Å². The van der Waals surface area contributed by atoms with Gasteiger partial charge in [-0.2, -0.15) is 0 Å². The first kappa shape index (κ1) is 13.2. The van der Waals surface area contributed by atoms with Crippen molar-refractivity contribution >= 4 is 17.7 Å². The van der Waals surface area contributed by atoms with Gasteiger partial charge in [0, 0.05) is 12.1 Å². The monoisotopic (exact) mass is 236 g/mol. The minimum atomic E-state index is -1.04. The van der Waals surface area contributed by atoms with Crippen LogP contribution in [0.3, 0.4) is 0 Å². The quantitative estimate of drug-likeness (QED) is 0.821. The Morgan fingerprint density at radius 3 is 2.82 bits per heavy atom. The maximum absolute atomic E-state index is 11.7. The molecular formula is C12H16N2O3. The van der Waals surface area contributed by atoms with Gasteiger partial charge in [0.1, 0.15) is 5.82 Å². The molecule has 0 bridgehead atoms. The first-order valence-electron chi connectivity index (χ1n) is 5.54. The Kier molecular flexibility index (Phi) is 4.63. The van der Waals surface area contributed by atoms with Gasteiger partial charge in [-0.1, -0.05) is 20.3 Å². The van der Waals surface area contributed by atoms with E-state index in [1.54, 1.807) is 0 Å². The fourth-order valence-corrected chi connectivity index (χ4v) is 1.45. The average molecular weight is 236 g/mol. The fourth-order valence-electron chi connectivity index (χ4n) is 1.45. The van der Waals surface area contributed by atoms with Gasteiger partial charge in [0.2, 0.25) is 5.91 Å². The van der Waals surface area contributed by atoms with E-state index in [1.807, 2.05) is 13.8 Å². The lowest BCUT2D eigenvalue weighted by atomic mass is 10.1. The predicted octanol–water partition coefficient (Wildman–Crippen LogP) is 2.15. The number of pyridine rings is 1. The third-order valence-electron chi connectivity index (χ3n) is 2.43. The third-order valence-corrected chi connectivity index (χ3v) is 2.43. The summed E-state index contributed by atoms with van der Waals surface area (Å²) in [6.45, 7) is 3.84. The lowest BCUT2D eigenvalue weighted by Gasteiger charge is -2.10. The molecule has 1 rings (SSSR count). The standard InChI is InChI=1S/C12H16N2O3/c1-3-4-8(2)11(15)14-10-7-9(12(16)17)5-6-13-10/h5-8H,3-4H2,1-2H3,(H,16,17)(H,13,14,15). The highest BCUT2D eigenvalue weighted by Gasteiger charge is 2.13. The summed E-state index contributed by atoms with van der Waals surface area (Å²) in [5, 5.41) is 11.4. The molecule has 1 amide bonds. The first-order chi connectivity index (χ1) is 8.04. The predicted molar refractivity (Wildman–Crippen MR) is 63.9 cm³/mol. The molecule has 1 aromatic heterocycles. The third kappa shape index (κ3) is 3.86. The fraction of sp³-hybridized carbons (Fsp3) is 0.417. The largest absolute Gasteiger partial charge is 0.478 e. The van der Waals surface area contributed by atoms with Crippen LogP contribution in [0.4, 0.5) is 5.82 Å². The molecule has 1 aromatic rings. The lowest BCUT2D eigenvalue weighted by molar-refractivity contribution is -0.119. The number of rotatable bonds is 5.